The molecule has 0 radical (unpaired) electrons. The van der Waals surface area contributed by atoms with E-state index in [4.69, 9.17) is 0 Å². The third-order valence-corrected chi connectivity index (χ3v) is 0. The van der Waals surface area contributed by atoms with Crippen molar-refractivity contribution < 1.29 is 41.5 Å². The van der Waals surface area contributed by atoms with Crippen molar-refractivity contribution in [3.8, 4) is 0 Å². The molecule has 0 heterocycles. The Morgan fingerprint density at radius 2 is 0.733 bits per heavy atom. The van der Waals surface area contributed by atoms with E-state index in [2.05, 4.69) is 26.7 Å². The van der Waals surface area contributed by atoms with Crippen molar-refractivity contribution in [1.29, 1.82) is 0 Å². The molecule has 4 heteroatoms. The summed E-state index contributed by atoms with van der Waals surface area (Å²) in [7, 11) is 0. The van der Waals surface area contributed by atoms with Crippen LogP contribution in [0.5, 0.6) is 0 Å². The van der Waals surface area contributed by atoms with Crippen LogP contribution < -0.4 is 15.3 Å². The second-order valence-electron chi connectivity index (χ2n) is 2.11. The summed E-state index contributed by atoms with van der Waals surface area (Å²) in [5, 5.41) is 28.0. The van der Waals surface area contributed by atoms with E-state index in [-0.39, 0.29) is 43.5 Å². The molecule has 0 atom stereocenters. The Balaban J connectivity index is -0.0000000298. The quantitative estimate of drug-likeness (QED) is 0.481. The average molecular weight is 292 g/mol. The first kappa shape index (κ1) is 29.3. The van der Waals surface area contributed by atoms with Crippen LogP contribution >= 0.6 is 0 Å². The first-order chi connectivity index (χ1) is 6.20. The summed E-state index contributed by atoms with van der Waals surface area (Å²) in [4.78, 5) is 0. The van der Waals surface area contributed by atoms with Gasteiger partial charge < -0.3 is 22.2 Å². The van der Waals surface area contributed by atoms with Crippen molar-refractivity contribution in [3.05, 3.63) is 43.9 Å². The molecule has 0 bridgehead atoms. The van der Waals surface area contributed by atoms with Gasteiger partial charge in [0.1, 0.15) is 0 Å². The Labute approximate surface area is 113 Å². The summed E-state index contributed by atoms with van der Waals surface area (Å²) in [6.07, 6.45) is 0. The van der Waals surface area contributed by atoms with Gasteiger partial charge in [0.25, 0.3) is 0 Å². The van der Waals surface area contributed by atoms with E-state index in [9.17, 15) is 15.3 Å². The molecule has 0 saturated carbocycles. The molecule has 0 aliphatic heterocycles. The Kier molecular flexibility index (Phi) is 57.0. The van der Waals surface area contributed by atoms with Crippen molar-refractivity contribution in [1.82, 2.24) is 0 Å². The number of hydrogen-bond donors (Lipinski definition) is 0. The molecule has 0 unspecified atom stereocenters. The summed E-state index contributed by atoms with van der Waals surface area (Å²) < 4.78 is 0. The molecular weight excluding hydrogens is 271 g/mol. The van der Waals surface area contributed by atoms with Gasteiger partial charge in [-0.3, -0.25) is 0 Å². The van der Waals surface area contributed by atoms with Gasteiger partial charge in [-0.15, -0.1) is 37.0 Å². The zero-order valence-corrected chi connectivity index (χ0v) is 12.5. The number of allylic oxidation sites excluding steroid dienone is 3. The van der Waals surface area contributed by atoms with Gasteiger partial charge in [-0.1, -0.05) is 20.8 Å². The monoisotopic (exact) mass is 290 g/mol. The molecule has 0 spiro atoms. The van der Waals surface area contributed by atoms with Crippen molar-refractivity contribution in [3.63, 3.8) is 0 Å². The fourth-order valence-corrected chi connectivity index (χ4v) is 0. The Bertz CT molecular complexity index is 113. The fourth-order valence-electron chi connectivity index (χ4n) is 0. The fraction of sp³-hybridized carbons (Fsp3) is 0.364. The first-order valence-corrected chi connectivity index (χ1v) is 3.88. The van der Waals surface area contributed by atoms with Crippen LogP contribution in [0.1, 0.15) is 27.7 Å². The molecule has 86 valence electrons. The maximum atomic E-state index is 9.33. The molecule has 15 heavy (non-hydrogen) atoms. The van der Waals surface area contributed by atoms with E-state index in [1.807, 2.05) is 0 Å². The Morgan fingerprint density at radius 3 is 0.733 bits per heavy atom. The van der Waals surface area contributed by atoms with Gasteiger partial charge in [0.2, 0.25) is 0 Å². The predicted octanol–water partition coefficient (Wildman–Crippen LogP) is 0.479. The smallest absolute Gasteiger partial charge is 0.876 e. The SMILES string of the molecule is C=C(C)[O-].C=C(C)[O-].C=C(C)[O-].[CH2-]C.[Zr+4]. The van der Waals surface area contributed by atoms with Gasteiger partial charge in [0, 0.05) is 0 Å². The average Bonchev–Trinajstić information content (AvgIpc) is 1.86. The molecule has 0 rings (SSSR count). The molecule has 0 saturated heterocycles. The minimum atomic E-state index is -0.0833. The Hall–Kier alpha value is -0.497. The van der Waals surface area contributed by atoms with E-state index in [0.29, 0.717) is 0 Å². The van der Waals surface area contributed by atoms with Crippen LogP contribution in [0.3, 0.4) is 0 Å². The molecule has 0 aliphatic rings. The first-order valence-electron chi connectivity index (χ1n) is 3.88. The van der Waals surface area contributed by atoms with Crippen LogP contribution in [0.2, 0.25) is 0 Å². The third kappa shape index (κ3) is 7240. The number of rotatable bonds is 0. The summed E-state index contributed by atoms with van der Waals surface area (Å²) >= 11 is 0. The van der Waals surface area contributed by atoms with Crippen LogP contribution in [0.25, 0.3) is 0 Å². The summed E-state index contributed by atoms with van der Waals surface area (Å²) in [6.45, 7) is 18.2. The van der Waals surface area contributed by atoms with Crippen LogP contribution in [0.4, 0.5) is 0 Å². The van der Waals surface area contributed by atoms with Gasteiger partial charge in [0.15, 0.2) is 0 Å². The minimum absolute atomic E-state index is 0. The van der Waals surface area contributed by atoms with Gasteiger partial charge in [-0.25, -0.2) is 0 Å². The molecule has 0 fully saturated rings. The molecule has 0 aliphatic carbocycles. The maximum absolute atomic E-state index is 9.33. The normalized spacial score (nSPS) is 5.40. The van der Waals surface area contributed by atoms with E-state index < -0.39 is 0 Å². The van der Waals surface area contributed by atoms with Crippen molar-refractivity contribution in [2.75, 3.05) is 0 Å². The van der Waals surface area contributed by atoms with E-state index >= 15 is 0 Å². The van der Waals surface area contributed by atoms with Crippen LogP contribution in [0, 0.1) is 6.92 Å². The van der Waals surface area contributed by atoms with E-state index in [1.54, 1.807) is 6.92 Å². The van der Waals surface area contributed by atoms with E-state index in [0.717, 1.165) is 0 Å². The second kappa shape index (κ2) is 29.2. The summed E-state index contributed by atoms with van der Waals surface area (Å²) in [5.41, 5.74) is 0. The maximum Gasteiger partial charge on any atom is 4.00 e. The molecule has 0 aromatic rings. The van der Waals surface area contributed by atoms with Gasteiger partial charge in [-0.2, -0.15) is 6.92 Å². The Morgan fingerprint density at radius 1 is 0.733 bits per heavy atom. The molecular formula is C11H20O3Zr. The van der Waals surface area contributed by atoms with Crippen molar-refractivity contribution in [2.24, 2.45) is 0 Å². The van der Waals surface area contributed by atoms with Crippen molar-refractivity contribution in [2.45, 2.75) is 27.7 Å². The van der Waals surface area contributed by atoms with Gasteiger partial charge in [0.05, 0.1) is 0 Å². The molecule has 0 amide bonds. The minimum Gasteiger partial charge on any atom is -0.876 e. The number of hydrogen-bond acceptors (Lipinski definition) is 3. The topological polar surface area (TPSA) is 69.2 Å². The summed E-state index contributed by atoms with van der Waals surface area (Å²) in [5.74, 6) is -0.250. The van der Waals surface area contributed by atoms with Crippen LogP contribution in [-0.4, -0.2) is 0 Å². The van der Waals surface area contributed by atoms with Gasteiger partial charge in [-0.05, 0) is 0 Å². The van der Waals surface area contributed by atoms with E-state index in [1.165, 1.54) is 20.8 Å². The zero-order valence-electron chi connectivity index (χ0n) is 10.1. The zero-order chi connectivity index (χ0) is 12.7. The predicted molar refractivity (Wildman–Crippen MR) is 55.5 cm³/mol. The van der Waals surface area contributed by atoms with Gasteiger partial charge >= 0.3 is 26.2 Å². The van der Waals surface area contributed by atoms with Crippen LogP contribution in [0.15, 0.2) is 37.0 Å². The van der Waals surface area contributed by atoms with Crippen molar-refractivity contribution >= 4 is 0 Å². The largest absolute Gasteiger partial charge is 4.00 e. The summed E-state index contributed by atoms with van der Waals surface area (Å²) in [6, 6.07) is 0. The molecule has 0 aromatic heterocycles. The standard InChI is InChI=1S/3C3H6O.C2H5.Zr/c3*1-3(2)4;1-2;/h3*4H,1H2,2H3;1H2,2H3;/q;;;-1;+4/p-3. The molecule has 0 N–H and O–H groups in total. The van der Waals surface area contributed by atoms with Crippen LogP contribution in [-0.2, 0) is 26.2 Å². The molecule has 0 aromatic carbocycles. The second-order valence-corrected chi connectivity index (χ2v) is 2.11. The molecule has 3 nitrogen and oxygen atoms in total. The third-order valence-electron chi connectivity index (χ3n) is 0.